The van der Waals surface area contributed by atoms with E-state index in [9.17, 15) is 0 Å². The van der Waals surface area contributed by atoms with Crippen LogP contribution in [0.5, 0.6) is 0 Å². The standard InChI is InChI=1S/C2H7P.Sn.3H/c1-3-2;;;;/h3H,1-2H3;;;;. The van der Waals surface area contributed by atoms with Gasteiger partial charge in [-0.05, 0) is 13.3 Å². The molecule has 0 aromatic heterocycles. The summed E-state index contributed by atoms with van der Waals surface area (Å²) in [6.45, 7) is 4.31. The Hall–Kier alpha value is 1.23. The molecule has 0 atom stereocenters. The molecule has 0 aliphatic carbocycles. The number of rotatable bonds is 0. The van der Waals surface area contributed by atoms with Crippen molar-refractivity contribution in [2.45, 2.75) is 0 Å². The predicted octanol–water partition coefficient (Wildman–Crippen LogP) is -0.259. The molecule has 0 aromatic rings. The van der Waals surface area contributed by atoms with Crippen LogP contribution in [0.15, 0.2) is 0 Å². The van der Waals surface area contributed by atoms with E-state index in [4.69, 9.17) is 0 Å². The van der Waals surface area contributed by atoms with E-state index in [1.165, 1.54) is 0 Å². The van der Waals surface area contributed by atoms with Crippen molar-refractivity contribution in [3.63, 3.8) is 0 Å². The van der Waals surface area contributed by atoms with Crippen LogP contribution in [0.2, 0.25) is 0 Å². The Labute approximate surface area is 46.1 Å². The van der Waals surface area contributed by atoms with Crippen LogP contribution in [0.1, 0.15) is 0 Å². The van der Waals surface area contributed by atoms with Crippen molar-refractivity contribution in [3.05, 3.63) is 0 Å². The second-order valence-corrected chi connectivity index (χ2v) is 1.50. The molecule has 0 unspecified atom stereocenters. The van der Waals surface area contributed by atoms with Gasteiger partial charge in [0.05, 0.1) is 0 Å². The molecular weight excluding hydrogens is 174 g/mol. The molecule has 0 bridgehead atoms. The van der Waals surface area contributed by atoms with Crippen molar-refractivity contribution in [1.82, 2.24) is 0 Å². The first-order valence-corrected chi connectivity index (χ1v) is 3.00. The van der Waals surface area contributed by atoms with Gasteiger partial charge in [-0.3, -0.25) is 0 Å². The van der Waals surface area contributed by atoms with Crippen molar-refractivity contribution in [3.8, 4) is 0 Å². The Morgan fingerprint density at radius 3 is 1.25 bits per heavy atom. The van der Waals surface area contributed by atoms with Crippen molar-refractivity contribution in [1.29, 1.82) is 0 Å². The average molecular weight is 184 g/mol. The maximum absolute atomic E-state index is 2.15. The molecule has 0 heterocycles. The summed E-state index contributed by atoms with van der Waals surface area (Å²) >= 11 is 0. The first-order chi connectivity index (χ1) is 1.41. The van der Waals surface area contributed by atoms with Gasteiger partial charge in [-0.15, -0.1) is 8.58 Å². The second-order valence-electron chi connectivity index (χ2n) is 0.500. The summed E-state index contributed by atoms with van der Waals surface area (Å²) < 4.78 is 0. The Balaban J connectivity index is 0. The molecule has 0 spiro atoms. The first kappa shape index (κ1) is 8.97. The zero-order chi connectivity index (χ0) is 2.71. The molecule has 27 valence electrons. The van der Waals surface area contributed by atoms with E-state index in [0.29, 0.717) is 0 Å². The van der Waals surface area contributed by atoms with Crippen LogP contribution in [-0.4, -0.2) is 37.2 Å². The minimum absolute atomic E-state index is 0. The van der Waals surface area contributed by atoms with Gasteiger partial charge in [0, 0.05) is 0 Å². The van der Waals surface area contributed by atoms with Crippen molar-refractivity contribution in [2.24, 2.45) is 0 Å². The Morgan fingerprint density at radius 2 is 1.25 bits per heavy atom. The molecule has 0 nitrogen and oxygen atoms in total. The van der Waals surface area contributed by atoms with E-state index < -0.39 is 0 Å². The fourth-order valence-corrected chi connectivity index (χ4v) is 0. The Morgan fingerprint density at radius 1 is 1.25 bits per heavy atom. The third-order valence-electron chi connectivity index (χ3n) is 0. The fourth-order valence-electron chi connectivity index (χ4n) is 0. The summed E-state index contributed by atoms with van der Waals surface area (Å²) in [5, 5.41) is 0. The molecule has 0 aromatic carbocycles. The molecule has 0 amide bonds. The molecule has 0 fully saturated rings. The van der Waals surface area contributed by atoms with Crippen LogP contribution in [0.25, 0.3) is 0 Å². The van der Waals surface area contributed by atoms with Gasteiger partial charge in [0.25, 0.3) is 0 Å². The third-order valence-corrected chi connectivity index (χ3v) is 0. The molecule has 2 heteroatoms. The number of hydrogen-bond acceptors (Lipinski definition) is 0. The van der Waals surface area contributed by atoms with Gasteiger partial charge in [-0.25, -0.2) is 0 Å². The number of hydrogen-bond donors (Lipinski definition) is 0. The zero-order valence-electron chi connectivity index (χ0n) is 3.50. The topological polar surface area (TPSA) is 0 Å². The summed E-state index contributed by atoms with van der Waals surface area (Å²) in [6, 6.07) is 0. The summed E-state index contributed by atoms with van der Waals surface area (Å²) in [5.74, 6) is 0. The van der Waals surface area contributed by atoms with E-state index in [2.05, 4.69) is 13.3 Å². The van der Waals surface area contributed by atoms with E-state index >= 15 is 0 Å². The molecule has 0 saturated heterocycles. The molecule has 0 N–H and O–H groups in total. The van der Waals surface area contributed by atoms with E-state index in [-0.39, 0.29) is 23.9 Å². The molecule has 0 saturated carbocycles. The molecule has 4 heavy (non-hydrogen) atoms. The van der Waals surface area contributed by atoms with E-state index in [1.807, 2.05) is 0 Å². The van der Waals surface area contributed by atoms with Crippen molar-refractivity contribution >= 4 is 32.5 Å². The molecule has 0 rings (SSSR count). The Kier molecular flexibility index (Phi) is 19.9. The quantitative estimate of drug-likeness (QED) is 0.359. The van der Waals surface area contributed by atoms with Crippen LogP contribution in [-0.2, 0) is 0 Å². The van der Waals surface area contributed by atoms with Gasteiger partial charge in [-0.1, -0.05) is 0 Å². The molecule has 1 radical (unpaired) electrons. The van der Waals surface area contributed by atoms with Gasteiger partial charge in [-0.2, -0.15) is 0 Å². The van der Waals surface area contributed by atoms with Crippen LogP contribution in [0, 0.1) is 0 Å². The molecule has 0 aliphatic heterocycles. The third kappa shape index (κ3) is 10.6. The summed E-state index contributed by atoms with van der Waals surface area (Å²) in [5.41, 5.74) is 0. The van der Waals surface area contributed by atoms with E-state index in [0.717, 1.165) is 8.58 Å². The van der Waals surface area contributed by atoms with Crippen molar-refractivity contribution < 1.29 is 0 Å². The second kappa shape index (κ2) is 8.87. The zero-order valence-corrected chi connectivity index (χ0v) is 10.2. The summed E-state index contributed by atoms with van der Waals surface area (Å²) in [6.07, 6.45) is 0. The SMILES string of the molecule is CPC.[SnH3]. The predicted molar refractivity (Wildman–Crippen MR) is 30.1 cm³/mol. The maximum atomic E-state index is 2.15. The minimum atomic E-state index is 0. The van der Waals surface area contributed by atoms with Gasteiger partial charge in [0.1, 0.15) is 0 Å². The first-order valence-electron chi connectivity index (χ1n) is 1.00. The van der Waals surface area contributed by atoms with Crippen molar-refractivity contribution in [2.75, 3.05) is 13.3 Å². The summed E-state index contributed by atoms with van der Waals surface area (Å²) in [4.78, 5) is 0. The normalized spacial score (nSPS) is 4.50. The van der Waals surface area contributed by atoms with Crippen LogP contribution >= 0.6 is 8.58 Å². The molecule has 0 aliphatic rings. The Bertz CT molecular complexity index is 6.00. The van der Waals surface area contributed by atoms with Crippen LogP contribution < -0.4 is 0 Å². The average Bonchev–Trinajstić information content (AvgIpc) is 0.918. The van der Waals surface area contributed by atoms with Crippen LogP contribution in [0.3, 0.4) is 0 Å². The molecular formula is C2H10PSn. The van der Waals surface area contributed by atoms with E-state index in [1.54, 1.807) is 0 Å². The van der Waals surface area contributed by atoms with Gasteiger partial charge in [0.15, 0.2) is 0 Å². The summed E-state index contributed by atoms with van der Waals surface area (Å²) in [7, 11) is 1.08. The van der Waals surface area contributed by atoms with Gasteiger partial charge < -0.3 is 0 Å². The van der Waals surface area contributed by atoms with Gasteiger partial charge >= 0.3 is 23.9 Å². The monoisotopic (exact) mass is 185 g/mol. The van der Waals surface area contributed by atoms with Gasteiger partial charge in [0.2, 0.25) is 0 Å². The van der Waals surface area contributed by atoms with Crippen LogP contribution in [0.4, 0.5) is 0 Å². The fraction of sp³-hybridized carbons (Fsp3) is 1.00.